The molecule has 1 aromatic heterocycles. The fourth-order valence-electron chi connectivity index (χ4n) is 1.73. The van der Waals surface area contributed by atoms with Crippen LogP contribution in [0.1, 0.15) is 5.56 Å². The maximum Gasteiger partial charge on any atom is 0.336 e. The minimum Gasteiger partial charge on any atom is -0.248 e. The molecule has 2 aromatic rings. The van der Waals surface area contributed by atoms with E-state index in [2.05, 4.69) is 0 Å². The van der Waals surface area contributed by atoms with Gasteiger partial charge in [-0.3, -0.25) is 0 Å². The average Bonchev–Trinajstić information content (AvgIpc) is 2.40. The van der Waals surface area contributed by atoms with Gasteiger partial charge in [0.1, 0.15) is 0 Å². The summed E-state index contributed by atoms with van der Waals surface area (Å²) in [5, 5.41) is 0. The molecule has 0 radical (unpaired) electrons. The lowest BCUT2D eigenvalue weighted by Gasteiger charge is -2.08. The summed E-state index contributed by atoms with van der Waals surface area (Å²) in [6.07, 6.45) is 0. The highest BCUT2D eigenvalue weighted by molar-refractivity contribution is 5.14. The first-order valence-corrected chi connectivity index (χ1v) is 5.43. The number of aromatic nitrogens is 3. The summed E-state index contributed by atoms with van der Waals surface area (Å²) in [4.78, 5) is 35.3. The third kappa shape index (κ3) is 1.92. The van der Waals surface area contributed by atoms with Gasteiger partial charge < -0.3 is 0 Å². The first-order chi connectivity index (χ1) is 8.52. The molecule has 94 valence electrons. The Morgan fingerprint density at radius 1 is 0.833 bits per heavy atom. The van der Waals surface area contributed by atoms with Crippen LogP contribution >= 0.6 is 0 Å². The van der Waals surface area contributed by atoms with Crippen molar-refractivity contribution in [3.63, 3.8) is 0 Å². The molecule has 0 spiro atoms. The molecule has 18 heavy (non-hydrogen) atoms. The molecule has 0 fully saturated rings. The lowest BCUT2D eigenvalue weighted by Crippen LogP contribution is -2.52. The number of benzene rings is 1. The van der Waals surface area contributed by atoms with Gasteiger partial charge in [-0.2, -0.15) is 0 Å². The molecule has 0 aliphatic heterocycles. The van der Waals surface area contributed by atoms with E-state index >= 15 is 0 Å². The van der Waals surface area contributed by atoms with Crippen molar-refractivity contribution in [1.29, 1.82) is 0 Å². The SMILES string of the molecule is Cn1c(=O)n(C)c(=O)n(Cc2ccccc2)c1=O. The standard InChI is InChI=1S/C12H13N3O3/c1-13-10(16)14(2)12(18)15(11(13)17)8-9-6-4-3-5-7-9/h3-7H,8H2,1-2H3. The molecule has 0 unspecified atom stereocenters. The van der Waals surface area contributed by atoms with Crippen LogP contribution in [0.4, 0.5) is 0 Å². The van der Waals surface area contributed by atoms with Crippen molar-refractivity contribution < 1.29 is 0 Å². The Kier molecular flexibility index (Phi) is 3.01. The van der Waals surface area contributed by atoms with Crippen molar-refractivity contribution in [3.8, 4) is 0 Å². The lowest BCUT2D eigenvalue weighted by molar-refractivity contribution is 0.528. The Hall–Kier alpha value is -2.37. The van der Waals surface area contributed by atoms with Gasteiger partial charge in [0, 0.05) is 14.1 Å². The Balaban J connectivity index is 2.64. The summed E-state index contributed by atoms with van der Waals surface area (Å²) < 4.78 is 2.88. The quantitative estimate of drug-likeness (QED) is 0.704. The largest absolute Gasteiger partial charge is 0.336 e. The molecule has 0 N–H and O–H groups in total. The van der Waals surface area contributed by atoms with Crippen molar-refractivity contribution >= 4 is 0 Å². The Morgan fingerprint density at radius 3 is 1.83 bits per heavy atom. The van der Waals surface area contributed by atoms with Gasteiger partial charge in [-0.05, 0) is 5.56 Å². The molecule has 0 aliphatic carbocycles. The molecule has 1 aromatic carbocycles. The van der Waals surface area contributed by atoms with E-state index in [1.54, 1.807) is 0 Å². The lowest BCUT2D eigenvalue weighted by atomic mass is 10.2. The van der Waals surface area contributed by atoms with Crippen LogP contribution < -0.4 is 17.1 Å². The van der Waals surface area contributed by atoms with Crippen LogP contribution in [-0.4, -0.2) is 13.7 Å². The maximum absolute atomic E-state index is 11.9. The predicted octanol–water partition coefficient (Wildman–Crippen LogP) is -0.706. The van der Waals surface area contributed by atoms with Crippen LogP contribution in [0.3, 0.4) is 0 Å². The molecular weight excluding hydrogens is 234 g/mol. The number of rotatable bonds is 2. The van der Waals surface area contributed by atoms with Crippen molar-refractivity contribution in [2.24, 2.45) is 14.1 Å². The van der Waals surface area contributed by atoms with Gasteiger partial charge >= 0.3 is 17.1 Å². The first-order valence-electron chi connectivity index (χ1n) is 5.43. The summed E-state index contributed by atoms with van der Waals surface area (Å²) in [5.41, 5.74) is -0.997. The second-order valence-corrected chi connectivity index (χ2v) is 4.04. The molecule has 6 heteroatoms. The minimum absolute atomic E-state index is 0.153. The van der Waals surface area contributed by atoms with E-state index in [1.807, 2.05) is 30.3 Å². The third-order valence-corrected chi connectivity index (χ3v) is 2.79. The van der Waals surface area contributed by atoms with Crippen molar-refractivity contribution in [3.05, 3.63) is 67.3 Å². The average molecular weight is 247 g/mol. The Labute approximate surface area is 102 Å². The normalized spacial score (nSPS) is 10.6. The third-order valence-electron chi connectivity index (χ3n) is 2.79. The molecule has 2 rings (SSSR count). The van der Waals surface area contributed by atoms with Crippen LogP contribution in [0.5, 0.6) is 0 Å². The van der Waals surface area contributed by atoms with E-state index in [0.717, 1.165) is 19.3 Å². The van der Waals surface area contributed by atoms with Gasteiger partial charge in [0.2, 0.25) is 0 Å². The van der Waals surface area contributed by atoms with Crippen LogP contribution in [0, 0.1) is 0 Å². The first kappa shape index (κ1) is 12.1. The van der Waals surface area contributed by atoms with E-state index in [-0.39, 0.29) is 6.54 Å². The van der Waals surface area contributed by atoms with Crippen LogP contribution in [-0.2, 0) is 20.6 Å². The van der Waals surface area contributed by atoms with E-state index < -0.39 is 17.1 Å². The molecule has 1 heterocycles. The highest BCUT2D eigenvalue weighted by Gasteiger charge is 2.10. The fraction of sp³-hybridized carbons (Fsp3) is 0.250. The minimum atomic E-state index is -0.616. The van der Waals surface area contributed by atoms with Crippen molar-refractivity contribution in [2.45, 2.75) is 6.54 Å². The Bertz CT molecular complexity index is 698. The second kappa shape index (κ2) is 4.48. The summed E-state index contributed by atoms with van der Waals surface area (Å²) in [5.74, 6) is 0. The summed E-state index contributed by atoms with van der Waals surface area (Å²) in [6.45, 7) is 0.153. The Morgan fingerprint density at radius 2 is 1.33 bits per heavy atom. The van der Waals surface area contributed by atoms with E-state index in [1.165, 1.54) is 14.1 Å². The molecular formula is C12H13N3O3. The molecule has 0 saturated carbocycles. The van der Waals surface area contributed by atoms with Gasteiger partial charge in [-0.25, -0.2) is 28.1 Å². The number of hydrogen-bond acceptors (Lipinski definition) is 3. The summed E-state index contributed by atoms with van der Waals surface area (Å²) in [6, 6.07) is 9.14. The summed E-state index contributed by atoms with van der Waals surface area (Å²) >= 11 is 0. The zero-order valence-electron chi connectivity index (χ0n) is 10.2. The second-order valence-electron chi connectivity index (χ2n) is 4.04. The highest BCUT2D eigenvalue weighted by Crippen LogP contribution is 1.98. The topological polar surface area (TPSA) is 66.0 Å². The molecule has 0 aliphatic rings. The van der Waals surface area contributed by atoms with Crippen LogP contribution in [0.2, 0.25) is 0 Å². The van der Waals surface area contributed by atoms with E-state index in [0.29, 0.717) is 0 Å². The van der Waals surface area contributed by atoms with Crippen molar-refractivity contribution in [1.82, 2.24) is 13.7 Å². The molecule has 0 amide bonds. The van der Waals surface area contributed by atoms with Crippen LogP contribution in [0.15, 0.2) is 44.7 Å². The number of hydrogen-bond donors (Lipinski definition) is 0. The van der Waals surface area contributed by atoms with Crippen molar-refractivity contribution in [2.75, 3.05) is 0 Å². The molecule has 0 saturated heterocycles. The zero-order chi connectivity index (χ0) is 13.3. The number of nitrogens with zero attached hydrogens (tertiary/aromatic N) is 3. The summed E-state index contributed by atoms with van der Waals surface area (Å²) in [7, 11) is 2.71. The van der Waals surface area contributed by atoms with E-state index in [4.69, 9.17) is 0 Å². The van der Waals surface area contributed by atoms with Crippen LogP contribution in [0.25, 0.3) is 0 Å². The molecule has 6 nitrogen and oxygen atoms in total. The predicted molar refractivity (Wildman–Crippen MR) is 66.7 cm³/mol. The zero-order valence-corrected chi connectivity index (χ0v) is 10.2. The van der Waals surface area contributed by atoms with Gasteiger partial charge in [-0.1, -0.05) is 30.3 Å². The monoisotopic (exact) mass is 247 g/mol. The fourth-order valence-corrected chi connectivity index (χ4v) is 1.73. The van der Waals surface area contributed by atoms with Gasteiger partial charge in [0.25, 0.3) is 0 Å². The molecule has 0 bridgehead atoms. The smallest absolute Gasteiger partial charge is 0.248 e. The van der Waals surface area contributed by atoms with Gasteiger partial charge in [0.15, 0.2) is 0 Å². The van der Waals surface area contributed by atoms with Gasteiger partial charge in [-0.15, -0.1) is 0 Å². The van der Waals surface area contributed by atoms with Gasteiger partial charge in [0.05, 0.1) is 6.54 Å². The van der Waals surface area contributed by atoms with E-state index in [9.17, 15) is 14.4 Å². The maximum atomic E-state index is 11.9. The molecule has 0 atom stereocenters. The highest BCUT2D eigenvalue weighted by atomic mass is 16.2.